The lowest BCUT2D eigenvalue weighted by molar-refractivity contribution is -0.140. The Balaban J connectivity index is 1.16. The van der Waals surface area contributed by atoms with E-state index < -0.39 is 30.4 Å². The predicted molar refractivity (Wildman–Crippen MR) is 156 cm³/mol. The van der Waals surface area contributed by atoms with Crippen molar-refractivity contribution in [3.8, 4) is 0 Å². The maximum Gasteiger partial charge on any atom is 0.410 e. The Morgan fingerprint density at radius 2 is 1.86 bits per heavy atom. The highest BCUT2D eigenvalue weighted by Gasteiger charge is 2.46. The monoisotopic (exact) mass is 594 g/mol. The van der Waals surface area contributed by atoms with E-state index in [2.05, 4.69) is 28.9 Å². The van der Waals surface area contributed by atoms with Gasteiger partial charge in [0.25, 0.3) is 0 Å². The van der Waals surface area contributed by atoms with Gasteiger partial charge in [-0.1, -0.05) is 49.3 Å². The molecule has 232 valence electrons. The standard InChI is InChI=1S/C32H42N4O7/c37-29-28-17-25(43-32(40)35-14-12-21-8-6-7-10-23(21)18-35)19-36(28)30(38)26(34-31(39)42-24-13-15-41-20-24)11-5-3-1-2-4-9-22-16-27(22)33-29/h4,6-10,22,24-28H,1-3,5,11-20H2,(H,33,37)(H,34,39)/b9-4-/t22-,24-,25-,26+,27-,28+/m1/s1. The van der Waals surface area contributed by atoms with Crippen LogP contribution in [0.3, 0.4) is 0 Å². The summed E-state index contributed by atoms with van der Waals surface area (Å²) in [7, 11) is 0. The molecule has 0 spiro atoms. The van der Waals surface area contributed by atoms with Crippen LogP contribution in [0.1, 0.15) is 62.5 Å². The Morgan fingerprint density at radius 1 is 1.00 bits per heavy atom. The summed E-state index contributed by atoms with van der Waals surface area (Å²) in [5.74, 6) is -0.302. The number of ether oxygens (including phenoxy) is 3. The molecule has 2 saturated heterocycles. The van der Waals surface area contributed by atoms with E-state index in [1.165, 1.54) is 10.5 Å². The molecular weight excluding hydrogens is 552 g/mol. The molecule has 1 aliphatic carbocycles. The van der Waals surface area contributed by atoms with Crippen LogP contribution in [0, 0.1) is 5.92 Å². The van der Waals surface area contributed by atoms with E-state index in [0.29, 0.717) is 45.1 Å². The molecule has 11 nitrogen and oxygen atoms in total. The molecule has 1 aromatic carbocycles. The fourth-order valence-electron chi connectivity index (χ4n) is 6.57. The van der Waals surface area contributed by atoms with E-state index in [4.69, 9.17) is 14.2 Å². The zero-order valence-corrected chi connectivity index (χ0v) is 24.6. The third-order valence-corrected chi connectivity index (χ3v) is 9.17. The molecule has 4 amide bonds. The summed E-state index contributed by atoms with van der Waals surface area (Å²) in [4.78, 5) is 56.8. The molecule has 0 radical (unpaired) electrons. The largest absolute Gasteiger partial charge is 0.444 e. The molecular formula is C32H42N4O7. The predicted octanol–water partition coefficient (Wildman–Crippen LogP) is 3.06. The van der Waals surface area contributed by atoms with Gasteiger partial charge in [0.15, 0.2) is 0 Å². The molecule has 2 N–H and O–H groups in total. The van der Waals surface area contributed by atoms with Crippen LogP contribution in [0.4, 0.5) is 9.59 Å². The Hall–Kier alpha value is -3.60. The van der Waals surface area contributed by atoms with Crippen molar-refractivity contribution in [2.75, 3.05) is 26.3 Å². The van der Waals surface area contributed by atoms with Gasteiger partial charge in [0, 0.05) is 32.0 Å². The van der Waals surface area contributed by atoms with Crippen molar-refractivity contribution in [2.24, 2.45) is 5.92 Å². The number of nitrogens with zero attached hydrogens (tertiary/aromatic N) is 2. The van der Waals surface area contributed by atoms with Gasteiger partial charge in [0.2, 0.25) is 11.8 Å². The smallest absolute Gasteiger partial charge is 0.410 e. The summed E-state index contributed by atoms with van der Waals surface area (Å²) in [6, 6.07) is 6.44. The van der Waals surface area contributed by atoms with E-state index in [0.717, 1.165) is 44.1 Å². The number of rotatable bonds is 3. The topological polar surface area (TPSA) is 127 Å². The third kappa shape index (κ3) is 7.31. The lowest BCUT2D eigenvalue weighted by atomic mass is 10.0. The molecule has 4 aliphatic heterocycles. The Kier molecular flexibility index (Phi) is 9.16. The summed E-state index contributed by atoms with van der Waals surface area (Å²) in [5, 5.41) is 5.89. The summed E-state index contributed by atoms with van der Waals surface area (Å²) in [5.41, 5.74) is 2.32. The highest BCUT2D eigenvalue weighted by atomic mass is 16.6. The molecule has 0 aromatic heterocycles. The van der Waals surface area contributed by atoms with Crippen molar-refractivity contribution in [1.29, 1.82) is 0 Å². The van der Waals surface area contributed by atoms with Gasteiger partial charge in [-0.05, 0) is 49.1 Å². The first kappa shape index (κ1) is 29.5. The van der Waals surface area contributed by atoms with Gasteiger partial charge in [-0.25, -0.2) is 9.59 Å². The number of benzene rings is 1. The maximum absolute atomic E-state index is 14.0. The number of hydrogen-bond acceptors (Lipinski definition) is 7. The summed E-state index contributed by atoms with van der Waals surface area (Å²) in [6.45, 7) is 1.97. The third-order valence-electron chi connectivity index (χ3n) is 9.17. The van der Waals surface area contributed by atoms with Crippen LogP contribution >= 0.6 is 0 Å². The lowest BCUT2D eigenvalue weighted by Crippen LogP contribution is -2.54. The number of nitrogens with one attached hydrogen (secondary N) is 2. The SMILES string of the molecule is O=C(N[C@H]1CCCCC/C=C\[C@@H]2C[C@H]2NC(=O)[C@@H]2C[C@@H](OC(=O)N3CCc4ccccc4C3)CN2C1=O)O[C@@H]1CCOC1. The van der Waals surface area contributed by atoms with E-state index in [9.17, 15) is 19.2 Å². The first-order chi connectivity index (χ1) is 20.9. The molecule has 6 rings (SSSR count). The molecule has 11 heteroatoms. The second kappa shape index (κ2) is 13.4. The quantitative estimate of drug-likeness (QED) is 0.515. The summed E-state index contributed by atoms with van der Waals surface area (Å²) < 4.78 is 16.7. The van der Waals surface area contributed by atoms with Crippen molar-refractivity contribution in [3.63, 3.8) is 0 Å². The first-order valence-corrected chi connectivity index (χ1v) is 15.8. The summed E-state index contributed by atoms with van der Waals surface area (Å²) >= 11 is 0. The van der Waals surface area contributed by atoms with Crippen LogP contribution < -0.4 is 10.6 Å². The Bertz CT molecular complexity index is 1230. The van der Waals surface area contributed by atoms with Gasteiger partial charge >= 0.3 is 12.2 Å². The van der Waals surface area contributed by atoms with Crippen molar-refractivity contribution in [1.82, 2.24) is 20.4 Å². The van der Waals surface area contributed by atoms with Crippen LogP contribution in [0.15, 0.2) is 36.4 Å². The maximum atomic E-state index is 14.0. The minimum absolute atomic E-state index is 0.0402. The molecule has 43 heavy (non-hydrogen) atoms. The lowest BCUT2D eigenvalue weighted by Gasteiger charge is -2.29. The van der Waals surface area contributed by atoms with E-state index in [-0.39, 0.29) is 36.9 Å². The summed E-state index contributed by atoms with van der Waals surface area (Å²) in [6.07, 6.45) is 8.71. The number of allylic oxidation sites excluding steroid dienone is 1. The van der Waals surface area contributed by atoms with Crippen molar-refractivity contribution in [2.45, 2.75) is 94.7 Å². The van der Waals surface area contributed by atoms with Crippen molar-refractivity contribution >= 4 is 24.0 Å². The van der Waals surface area contributed by atoms with Crippen molar-refractivity contribution < 1.29 is 33.4 Å². The van der Waals surface area contributed by atoms with Gasteiger partial charge in [-0.15, -0.1) is 0 Å². The fourth-order valence-corrected chi connectivity index (χ4v) is 6.57. The van der Waals surface area contributed by atoms with Crippen LogP contribution in [0.25, 0.3) is 0 Å². The van der Waals surface area contributed by atoms with Gasteiger partial charge in [-0.2, -0.15) is 0 Å². The number of hydrogen-bond donors (Lipinski definition) is 2. The number of carbonyl (C=O) groups excluding carboxylic acids is 4. The number of fused-ring (bicyclic) bond motifs is 3. The zero-order chi connectivity index (χ0) is 29.8. The fraction of sp³-hybridized carbons (Fsp3) is 0.625. The van der Waals surface area contributed by atoms with E-state index >= 15 is 0 Å². The van der Waals surface area contributed by atoms with Gasteiger partial charge < -0.3 is 34.6 Å². The molecule has 0 unspecified atom stereocenters. The molecule has 0 bridgehead atoms. The molecule has 4 heterocycles. The molecule has 1 aromatic rings. The highest BCUT2D eigenvalue weighted by Crippen LogP contribution is 2.33. The molecule has 5 aliphatic rings. The van der Waals surface area contributed by atoms with Gasteiger partial charge in [0.1, 0.15) is 24.3 Å². The minimum atomic E-state index is -0.854. The average molecular weight is 595 g/mol. The Morgan fingerprint density at radius 3 is 2.70 bits per heavy atom. The number of carbonyl (C=O) groups is 4. The Labute approximate surface area is 252 Å². The molecule has 3 fully saturated rings. The molecule has 6 atom stereocenters. The van der Waals surface area contributed by atoms with Gasteiger partial charge in [-0.3, -0.25) is 9.59 Å². The van der Waals surface area contributed by atoms with Crippen molar-refractivity contribution in [3.05, 3.63) is 47.5 Å². The highest BCUT2D eigenvalue weighted by molar-refractivity contribution is 5.92. The van der Waals surface area contributed by atoms with Crippen LogP contribution in [-0.2, 0) is 36.8 Å². The zero-order valence-electron chi connectivity index (χ0n) is 24.6. The second-order valence-electron chi connectivity index (χ2n) is 12.4. The number of alkyl carbamates (subject to hydrolysis) is 1. The number of amides is 4. The van der Waals surface area contributed by atoms with E-state index in [1.807, 2.05) is 18.2 Å². The average Bonchev–Trinajstić information content (AvgIpc) is 3.33. The van der Waals surface area contributed by atoms with E-state index in [1.54, 1.807) is 4.90 Å². The first-order valence-electron chi connectivity index (χ1n) is 15.8. The van der Waals surface area contributed by atoms with Gasteiger partial charge in [0.05, 0.1) is 19.8 Å². The normalized spacial score (nSPS) is 31.8. The van der Waals surface area contributed by atoms with Crippen LogP contribution in [0.5, 0.6) is 0 Å². The second-order valence-corrected chi connectivity index (χ2v) is 12.4. The van der Waals surface area contributed by atoms with Crippen LogP contribution in [0.2, 0.25) is 0 Å². The minimum Gasteiger partial charge on any atom is -0.444 e. The molecule has 1 saturated carbocycles. The van der Waals surface area contributed by atoms with Crippen LogP contribution in [-0.4, -0.2) is 90.4 Å².